The molecule has 0 aliphatic carbocycles. The molecule has 0 saturated carbocycles. The second-order valence-corrected chi connectivity index (χ2v) is 5.61. The highest BCUT2D eigenvalue weighted by Crippen LogP contribution is 2.10. The third-order valence-corrected chi connectivity index (χ3v) is 4.11. The van der Waals surface area contributed by atoms with Gasteiger partial charge in [-0.25, -0.2) is 0 Å². The Kier molecular flexibility index (Phi) is 5.26. The fraction of sp³-hybridized carbons (Fsp3) is 1.00. The summed E-state index contributed by atoms with van der Waals surface area (Å²) >= 11 is 2.08. The quantitative estimate of drug-likeness (QED) is 0.701. The smallest absolute Gasteiger partial charge is 0.0507 e. The maximum absolute atomic E-state index is 5.35. The first kappa shape index (κ1) is 11.7. The molecule has 88 valence electrons. The van der Waals surface area contributed by atoms with Crippen LogP contribution in [0.4, 0.5) is 0 Å². The van der Waals surface area contributed by atoms with Gasteiger partial charge < -0.3 is 15.0 Å². The molecule has 0 bridgehead atoms. The van der Waals surface area contributed by atoms with E-state index in [0.717, 1.165) is 32.2 Å². The van der Waals surface area contributed by atoms with Gasteiger partial charge in [-0.15, -0.1) is 0 Å². The molecule has 2 aliphatic rings. The van der Waals surface area contributed by atoms with Crippen molar-refractivity contribution in [2.24, 2.45) is 5.92 Å². The van der Waals surface area contributed by atoms with E-state index in [9.17, 15) is 0 Å². The minimum Gasteiger partial charge on any atom is -0.381 e. The Balaban J connectivity index is 1.47. The molecule has 1 N–H and O–H groups in total. The van der Waals surface area contributed by atoms with Crippen LogP contribution in [-0.4, -0.2) is 62.3 Å². The van der Waals surface area contributed by atoms with Crippen LogP contribution in [0.3, 0.4) is 0 Å². The molecular formula is C11H22N2OS. The summed E-state index contributed by atoms with van der Waals surface area (Å²) in [5, 5.41) is 3.55. The topological polar surface area (TPSA) is 24.5 Å². The fourth-order valence-electron chi connectivity index (χ4n) is 2.11. The average molecular weight is 230 g/mol. The zero-order chi connectivity index (χ0) is 10.3. The first-order valence-corrected chi connectivity index (χ1v) is 7.19. The molecule has 2 heterocycles. The van der Waals surface area contributed by atoms with Crippen LogP contribution in [-0.2, 0) is 4.74 Å². The van der Waals surface area contributed by atoms with Crippen molar-refractivity contribution >= 4 is 11.8 Å². The first-order chi connectivity index (χ1) is 7.45. The van der Waals surface area contributed by atoms with Gasteiger partial charge in [0.25, 0.3) is 0 Å². The summed E-state index contributed by atoms with van der Waals surface area (Å²) in [6, 6.07) is 0. The van der Waals surface area contributed by atoms with Crippen molar-refractivity contribution in [3.8, 4) is 0 Å². The molecular weight excluding hydrogens is 208 g/mol. The lowest BCUT2D eigenvalue weighted by Gasteiger charge is -2.26. The zero-order valence-electron chi connectivity index (χ0n) is 9.41. The van der Waals surface area contributed by atoms with Gasteiger partial charge in [0.05, 0.1) is 6.61 Å². The van der Waals surface area contributed by atoms with Gasteiger partial charge in [0, 0.05) is 50.8 Å². The summed E-state index contributed by atoms with van der Waals surface area (Å²) in [5.74, 6) is 3.40. The first-order valence-electron chi connectivity index (χ1n) is 6.04. The standard InChI is InChI=1S/C11H22N2OS/c1-6-14-10-11(1)9-12-2-3-13-4-7-15-8-5-13/h11-12H,1-10H2. The third-order valence-electron chi connectivity index (χ3n) is 3.17. The van der Waals surface area contributed by atoms with Crippen LogP contribution in [0.25, 0.3) is 0 Å². The molecule has 1 unspecified atom stereocenters. The van der Waals surface area contributed by atoms with Gasteiger partial charge in [-0.05, 0) is 12.3 Å². The number of hydrogen-bond donors (Lipinski definition) is 1. The van der Waals surface area contributed by atoms with Crippen molar-refractivity contribution in [2.45, 2.75) is 6.42 Å². The van der Waals surface area contributed by atoms with Crippen molar-refractivity contribution in [1.29, 1.82) is 0 Å². The van der Waals surface area contributed by atoms with Gasteiger partial charge in [0.15, 0.2) is 0 Å². The van der Waals surface area contributed by atoms with Crippen molar-refractivity contribution in [3.63, 3.8) is 0 Å². The van der Waals surface area contributed by atoms with E-state index in [1.165, 1.54) is 37.6 Å². The number of nitrogens with one attached hydrogen (secondary N) is 1. The molecule has 15 heavy (non-hydrogen) atoms. The molecule has 0 radical (unpaired) electrons. The van der Waals surface area contributed by atoms with Gasteiger partial charge in [0.1, 0.15) is 0 Å². The van der Waals surface area contributed by atoms with Crippen LogP contribution in [0.5, 0.6) is 0 Å². The van der Waals surface area contributed by atoms with Gasteiger partial charge >= 0.3 is 0 Å². The maximum atomic E-state index is 5.35. The van der Waals surface area contributed by atoms with E-state index in [-0.39, 0.29) is 0 Å². The molecule has 2 rings (SSSR count). The molecule has 2 aliphatic heterocycles. The Bertz CT molecular complexity index is 168. The van der Waals surface area contributed by atoms with Crippen LogP contribution in [0.15, 0.2) is 0 Å². The Hall–Kier alpha value is 0.230. The molecule has 0 amide bonds. The fourth-order valence-corrected chi connectivity index (χ4v) is 3.09. The highest BCUT2D eigenvalue weighted by Gasteiger charge is 2.15. The number of ether oxygens (including phenoxy) is 1. The maximum Gasteiger partial charge on any atom is 0.0507 e. The highest BCUT2D eigenvalue weighted by molar-refractivity contribution is 7.99. The third kappa shape index (κ3) is 4.31. The summed E-state index contributed by atoms with van der Waals surface area (Å²) in [6.07, 6.45) is 1.24. The molecule has 2 saturated heterocycles. The van der Waals surface area contributed by atoms with E-state index in [1.54, 1.807) is 0 Å². The number of thioether (sulfide) groups is 1. The van der Waals surface area contributed by atoms with Crippen LogP contribution in [0.2, 0.25) is 0 Å². The van der Waals surface area contributed by atoms with E-state index in [0.29, 0.717) is 0 Å². The van der Waals surface area contributed by atoms with E-state index in [1.807, 2.05) is 0 Å². The second kappa shape index (κ2) is 6.74. The number of nitrogens with zero attached hydrogens (tertiary/aromatic N) is 1. The lowest BCUT2D eigenvalue weighted by molar-refractivity contribution is 0.185. The zero-order valence-corrected chi connectivity index (χ0v) is 10.2. The molecule has 0 aromatic rings. The van der Waals surface area contributed by atoms with Crippen molar-refractivity contribution in [2.75, 3.05) is 57.4 Å². The minimum atomic E-state index is 0.766. The van der Waals surface area contributed by atoms with Gasteiger partial charge in [-0.3, -0.25) is 0 Å². The summed E-state index contributed by atoms with van der Waals surface area (Å²) < 4.78 is 5.35. The summed E-state index contributed by atoms with van der Waals surface area (Å²) in [6.45, 7) is 7.98. The summed E-state index contributed by atoms with van der Waals surface area (Å²) in [7, 11) is 0. The summed E-state index contributed by atoms with van der Waals surface area (Å²) in [5.41, 5.74) is 0. The predicted octanol–water partition coefficient (Wildman–Crippen LogP) is 0.661. The average Bonchev–Trinajstić information content (AvgIpc) is 2.79. The molecule has 1 atom stereocenters. The van der Waals surface area contributed by atoms with Gasteiger partial charge in [-0.1, -0.05) is 0 Å². The monoisotopic (exact) mass is 230 g/mol. The molecule has 3 nitrogen and oxygen atoms in total. The van der Waals surface area contributed by atoms with Crippen molar-refractivity contribution in [3.05, 3.63) is 0 Å². The minimum absolute atomic E-state index is 0.766. The van der Waals surface area contributed by atoms with Crippen LogP contribution >= 0.6 is 11.8 Å². The molecule has 0 spiro atoms. The Morgan fingerprint density at radius 3 is 2.93 bits per heavy atom. The SMILES string of the molecule is C(CN1CCSCC1)NCC1CCOC1. The van der Waals surface area contributed by atoms with Crippen molar-refractivity contribution < 1.29 is 4.74 Å². The second-order valence-electron chi connectivity index (χ2n) is 4.39. The Morgan fingerprint density at radius 2 is 2.20 bits per heavy atom. The van der Waals surface area contributed by atoms with E-state index in [4.69, 9.17) is 4.74 Å². The molecule has 0 aromatic heterocycles. The van der Waals surface area contributed by atoms with Crippen LogP contribution in [0.1, 0.15) is 6.42 Å². The predicted molar refractivity (Wildman–Crippen MR) is 65.6 cm³/mol. The normalized spacial score (nSPS) is 28.4. The lowest BCUT2D eigenvalue weighted by atomic mass is 10.1. The summed E-state index contributed by atoms with van der Waals surface area (Å²) in [4.78, 5) is 2.56. The van der Waals surface area contributed by atoms with Crippen LogP contribution < -0.4 is 5.32 Å². The largest absolute Gasteiger partial charge is 0.381 e. The molecule has 0 aromatic carbocycles. The van der Waals surface area contributed by atoms with E-state index in [2.05, 4.69) is 22.0 Å². The highest BCUT2D eigenvalue weighted by atomic mass is 32.2. The molecule has 2 fully saturated rings. The van der Waals surface area contributed by atoms with Gasteiger partial charge in [-0.2, -0.15) is 11.8 Å². The molecule has 4 heteroatoms. The van der Waals surface area contributed by atoms with E-state index >= 15 is 0 Å². The van der Waals surface area contributed by atoms with Crippen molar-refractivity contribution in [1.82, 2.24) is 10.2 Å². The van der Waals surface area contributed by atoms with Crippen LogP contribution in [0, 0.1) is 5.92 Å². The van der Waals surface area contributed by atoms with Gasteiger partial charge in [0.2, 0.25) is 0 Å². The Morgan fingerprint density at radius 1 is 1.33 bits per heavy atom. The number of rotatable bonds is 5. The number of hydrogen-bond acceptors (Lipinski definition) is 4. The lowest BCUT2D eigenvalue weighted by Crippen LogP contribution is -2.38. The van der Waals surface area contributed by atoms with E-state index < -0.39 is 0 Å². The Labute approximate surface area is 96.9 Å².